The van der Waals surface area contributed by atoms with E-state index in [9.17, 15) is 9.50 Å². The number of piperidine rings is 1. The molecule has 0 saturated carbocycles. The van der Waals surface area contributed by atoms with Crippen LogP contribution in [0.25, 0.3) is 11.0 Å². The zero-order valence-corrected chi connectivity index (χ0v) is 17.3. The van der Waals surface area contributed by atoms with Gasteiger partial charge in [-0.05, 0) is 62.1 Å². The molecule has 7 heteroatoms. The number of fused-ring (bicyclic) bond motifs is 1. The largest absolute Gasteiger partial charge is 0.497 e. The first-order valence-electron chi connectivity index (χ1n) is 9.70. The fourth-order valence-corrected chi connectivity index (χ4v) is 3.95. The van der Waals surface area contributed by atoms with Crippen LogP contribution in [0.1, 0.15) is 30.5 Å². The number of aromatic nitrogens is 1. The minimum atomic E-state index is -0.769. The van der Waals surface area contributed by atoms with Gasteiger partial charge in [-0.25, -0.2) is 4.39 Å². The van der Waals surface area contributed by atoms with Gasteiger partial charge in [0, 0.05) is 24.5 Å². The van der Waals surface area contributed by atoms with Crippen LogP contribution in [-0.4, -0.2) is 41.9 Å². The van der Waals surface area contributed by atoms with E-state index < -0.39 is 5.60 Å². The fraction of sp³-hybridized carbons (Fsp3) is 0.409. The lowest BCUT2D eigenvalue weighted by Crippen LogP contribution is -2.42. The van der Waals surface area contributed by atoms with Gasteiger partial charge in [0.15, 0.2) is 5.58 Å². The predicted molar refractivity (Wildman–Crippen MR) is 112 cm³/mol. The van der Waals surface area contributed by atoms with Crippen molar-refractivity contribution < 1.29 is 18.8 Å². The summed E-state index contributed by atoms with van der Waals surface area (Å²) in [6, 6.07) is 12.2. The molecule has 0 radical (unpaired) electrons. The van der Waals surface area contributed by atoms with Crippen molar-refractivity contribution in [3.8, 4) is 5.75 Å². The fourth-order valence-electron chi connectivity index (χ4n) is 3.95. The topological polar surface area (TPSA) is 58.7 Å². The number of aryl methyl sites for hydroxylation is 1. The van der Waals surface area contributed by atoms with Gasteiger partial charge in [0.2, 0.25) is 0 Å². The highest BCUT2D eigenvalue weighted by Gasteiger charge is 2.33. The summed E-state index contributed by atoms with van der Waals surface area (Å²) in [5, 5.41) is 16.0. The molecule has 1 fully saturated rings. The van der Waals surface area contributed by atoms with E-state index >= 15 is 0 Å². The van der Waals surface area contributed by atoms with Crippen molar-refractivity contribution in [3.05, 3.63) is 59.5 Å². The van der Waals surface area contributed by atoms with Crippen molar-refractivity contribution >= 4 is 23.4 Å². The molecule has 1 aromatic heterocycles. The van der Waals surface area contributed by atoms with Crippen molar-refractivity contribution in [2.45, 2.75) is 31.3 Å². The molecule has 0 amide bonds. The van der Waals surface area contributed by atoms with E-state index in [1.54, 1.807) is 13.2 Å². The van der Waals surface area contributed by atoms with Crippen LogP contribution >= 0.6 is 12.4 Å². The van der Waals surface area contributed by atoms with Crippen molar-refractivity contribution in [3.63, 3.8) is 0 Å². The molecule has 1 aliphatic rings. The highest BCUT2D eigenvalue weighted by atomic mass is 35.5. The van der Waals surface area contributed by atoms with Gasteiger partial charge < -0.3 is 19.3 Å². The molecule has 2 aromatic carbocycles. The quantitative estimate of drug-likeness (QED) is 0.643. The number of aliphatic hydroxyl groups is 1. The molecular formula is C22H26ClFN2O3. The molecule has 1 aliphatic heterocycles. The molecule has 0 atom stereocenters. The van der Waals surface area contributed by atoms with Gasteiger partial charge in [-0.2, -0.15) is 0 Å². The number of ether oxygens (including phenoxy) is 1. The maximum absolute atomic E-state index is 13.2. The Bertz CT molecular complexity index is 937. The second-order valence-electron chi connectivity index (χ2n) is 7.48. The Hall–Kier alpha value is -2.15. The zero-order valence-electron chi connectivity index (χ0n) is 16.4. The third-order valence-corrected chi connectivity index (χ3v) is 5.71. The maximum Gasteiger partial charge on any atom is 0.170 e. The third kappa shape index (κ3) is 4.71. The van der Waals surface area contributed by atoms with Crippen molar-refractivity contribution in [2.75, 3.05) is 26.7 Å². The normalized spacial score (nSPS) is 16.5. The monoisotopic (exact) mass is 420 g/mol. The number of benzene rings is 2. The van der Waals surface area contributed by atoms with Gasteiger partial charge in [0.1, 0.15) is 11.6 Å². The minimum Gasteiger partial charge on any atom is -0.497 e. The van der Waals surface area contributed by atoms with Crippen LogP contribution < -0.4 is 4.74 Å². The highest BCUT2D eigenvalue weighted by Crippen LogP contribution is 2.33. The van der Waals surface area contributed by atoms with Crippen molar-refractivity contribution in [2.24, 2.45) is 0 Å². The molecule has 0 spiro atoms. The standard InChI is InChI=1S/C22H25FN2O3.ClH/c1-27-18-7-4-16(5-8-18)22(26)10-13-25(14-11-22)12-2-3-20-19-9-6-17(23)15-21(19)28-24-20;/h4-9,15,26H,2-3,10-14H2,1H3;1H. The van der Waals surface area contributed by atoms with E-state index in [4.69, 9.17) is 9.26 Å². The molecule has 2 heterocycles. The van der Waals surface area contributed by atoms with Gasteiger partial charge in [0.05, 0.1) is 18.4 Å². The molecule has 0 aliphatic carbocycles. The first-order valence-corrected chi connectivity index (χ1v) is 9.70. The van der Waals surface area contributed by atoms with E-state index in [0.717, 1.165) is 54.9 Å². The summed E-state index contributed by atoms with van der Waals surface area (Å²) >= 11 is 0. The number of nitrogens with zero attached hydrogens (tertiary/aromatic N) is 2. The summed E-state index contributed by atoms with van der Waals surface area (Å²) in [5.74, 6) is 0.487. The number of hydrogen-bond acceptors (Lipinski definition) is 5. The van der Waals surface area contributed by atoms with Crippen LogP contribution in [-0.2, 0) is 12.0 Å². The lowest BCUT2D eigenvalue weighted by atomic mass is 9.84. The van der Waals surface area contributed by atoms with E-state index in [0.29, 0.717) is 18.4 Å². The SMILES string of the molecule is COc1ccc(C2(O)CCN(CCCc3noc4cc(F)ccc34)CC2)cc1.Cl. The lowest BCUT2D eigenvalue weighted by Gasteiger charge is -2.38. The van der Waals surface area contributed by atoms with Gasteiger partial charge in [-0.15, -0.1) is 12.4 Å². The third-order valence-electron chi connectivity index (χ3n) is 5.71. The lowest BCUT2D eigenvalue weighted by molar-refractivity contribution is -0.0260. The van der Waals surface area contributed by atoms with E-state index in [1.807, 2.05) is 24.3 Å². The van der Waals surface area contributed by atoms with Gasteiger partial charge in [-0.1, -0.05) is 17.3 Å². The van der Waals surface area contributed by atoms with Crippen LogP contribution in [0.5, 0.6) is 5.75 Å². The molecule has 5 nitrogen and oxygen atoms in total. The average Bonchev–Trinajstić information content (AvgIpc) is 3.11. The van der Waals surface area contributed by atoms with E-state index in [1.165, 1.54) is 12.1 Å². The van der Waals surface area contributed by atoms with E-state index in [2.05, 4.69) is 10.1 Å². The number of hydrogen-bond donors (Lipinski definition) is 1. The Kier molecular flexibility index (Phi) is 6.77. The van der Waals surface area contributed by atoms with Gasteiger partial charge in [0.25, 0.3) is 0 Å². The van der Waals surface area contributed by atoms with Gasteiger partial charge >= 0.3 is 0 Å². The van der Waals surface area contributed by atoms with Crippen LogP contribution in [0.3, 0.4) is 0 Å². The Labute approximate surface area is 175 Å². The summed E-state index contributed by atoms with van der Waals surface area (Å²) in [4.78, 5) is 2.37. The van der Waals surface area contributed by atoms with Crippen LogP contribution in [0.15, 0.2) is 47.0 Å². The van der Waals surface area contributed by atoms with Gasteiger partial charge in [-0.3, -0.25) is 0 Å². The van der Waals surface area contributed by atoms with E-state index in [-0.39, 0.29) is 18.2 Å². The van der Waals surface area contributed by atoms with Crippen molar-refractivity contribution in [1.29, 1.82) is 0 Å². The molecule has 1 N–H and O–H groups in total. The molecule has 29 heavy (non-hydrogen) atoms. The molecule has 3 aromatic rings. The first kappa shape index (κ1) is 21.6. The van der Waals surface area contributed by atoms with Crippen molar-refractivity contribution in [1.82, 2.24) is 10.1 Å². The van der Waals surface area contributed by atoms with Crippen LogP contribution in [0, 0.1) is 5.82 Å². The summed E-state index contributed by atoms with van der Waals surface area (Å²) in [6.45, 7) is 2.65. The summed E-state index contributed by atoms with van der Waals surface area (Å²) in [7, 11) is 1.64. The molecule has 156 valence electrons. The number of methoxy groups -OCH3 is 1. The Balaban J connectivity index is 0.00000240. The Morgan fingerprint density at radius 1 is 1.17 bits per heavy atom. The second kappa shape index (κ2) is 9.11. The highest BCUT2D eigenvalue weighted by molar-refractivity contribution is 5.85. The maximum atomic E-state index is 13.2. The number of halogens is 2. The average molecular weight is 421 g/mol. The predicted octanol–water partition coefficient (Wildman–Crippen LogP) is 4.31. The smallest absolute Gasteiger partial charge is 0.170 e. The molecular weight excluding hydrogens is 395 g/mol. The Morgan fingerprint density at radius 3 is 2.59 bits per heavy atom. The molecule has 1 saturated heterocycles. The Morgan fingerprint density at radius 2 is 1.90 bits per heavy atom. The number of likely N-dealkylation sites (tertiary alicyclic amines) is 1. The first-order chi connectivity index (χ1) is 13.6. The number of rotatable bonds is 6. The molecule has 4 rings (SSSR count). The summed E-state index contributed by atoms with van der Waals surface area (Å²) in [6.07, 6.45) is 3.16. The second-order valence-corrected chi connectivity index (χ2v) is 7.48. The molecule has 0 unspecified atom stereocenters. The van der Waals surface area contributed by atoms with Crippen LogP contribution in [0.4, 0.5) is 4.39 Å². The zero-order chi connectivity index (χ0) is 19.6. The molecule has 0 bridgehead atoms. The minimum absolute atomic E-state index is 0. The summed E-state index contributed by atoms with van der Waals surface area (Å²) < 4.78 is 23.7. The summed E-state index contributed by atoms with van der Waals surface area (Å²) in [5.41, 5.74) is 1.56. The van der Waals surface area contributed by atoms with Crippen LogP contribution in [0.2, 0.25) is 0 Å².